The number of hydrogen-bond acceptors (Lipinski definition) is 3. The predicted molar refractivity (Wildman–Crippen MR) is 81.9 cm³/mol. The molecule has 4 heteroatoms. The minimum absolute atomic E-state index is 0.680. The second-order valence-electron chi connectivity index (χ2n) is 4.96. The average molecular weight is 266 g/mol. The lowest BCUT2D eigenvalue weighted by atomic mass is 10.2. The minimum Gasteiger partial charge on any atom is -0.384 e. The van der Waals surface area contributed by atoms with Crippen LogP contribution in [0.2, 0.25) is 0 Å². The minimum atomic E-state index is 0.680. The summed E-state index contributed by atoms with van der Waals surface area (Å²) in [6.45, 7) is 2.18. The number of nitrogens with zero attached hydrogens (tertiary/aromatic N) is 3. The van der Waals surface area contributed by atoms with E-state index in [9.17, 15) is 0 Å². The zero-order valence-electron chi connectivity index (χ0n) is 11.6. The van der Waals surface area contributed by atoms with Crippen molar-refractivity contribution in [2.75, 3.05) is 5.73 Å². The Labute approximate surface area is 118 Å². The molecule has 0 atom stereocenters. The largest absolute Gasteiger partial charge is 0.384 e. The highest BCUT2D eigenvalue weighted by atomic mass is 15.3. The van der Waals surface area contributed by atoms with Crippen molar-refractivity contribution in [3.63, 3.8) is 0 Å². The first-order valence-electron chi connectivity index (χ1n) is 6.97. The molecule has 3 rings (SSSR count). The first-order valence-corrected chi connectivity index (χ1v) is 6.97. The molecule has 0 bridgehead atoms. The van der Waals surface area contributed by atoms with Crippen molar-refractivity contribution in [3.8, 4) is 5.69 Å². The fraction of sp³-hybridized carbons (Fsp3) is 0.250. The SMILES string of the molecule is CCCCc1cc(N)n(-c2ccc3ncccc3c2)n1. The van der Waals surface area contributed by atoms with Gasteiger partial charge in [-0.2, -0.15) is 5.10 Å². The summed E-state index contributed by atoms with van der Waals surface area (Å²) in [6, 6.07) is 12.0. The molecule has 0 amide bonds. The molecule has 4 nitrogen and oxygen atoms in total. The van der Waals surface area contributed by atoms with Gasteiger partial charge in [0.15, 0.2) is 0 Å². The van der Waals surface area contributed by atoms with Crippen molar-refractivity contribution in [2.24, 2.45) is 0 Å². The Morgan fingerprint density at radius 1 is 1.20 bits per heavy atom. The van der Waals surface area contributed by atoms with Gasteiger partial charge in [-0.1, -0.05) is 19.4 Å². The van der Waals surface area contributed by atoms with E-state index in [1.807, 2.05) is 30.3 Å². The number of benzene rings is 1. The van der Waals surface area contributed by atoms with Crippen LogP contribution in [0, 0.1) is 0 Å². The highest BCUT2D eigenvalue weighted by Crippen LogP contribution is 2.20. The molecular weight excluding hydrogens is 248 g/mol. The van der Waals surface area contributed by atoms with Crippen molar-refractivity contribution in [1.82, 2.24) is 14.8 Å². The Bertz CT molecular complexity index is 730. The van der Waals surface area contributed by atoms with Crippen molar-refractivity contribution < 1.29 is 0 Å². The lowest BCUT2D eigenvalue weighted by molar-refractivity contribution is 0.754. The third-order valence-corrected chi connectivity index (χ3v) is 3.41. The van der Waals surface area contributed by atoms with Gasteiger partial charge in [0.05, 0.1) is 16.9 Å². The van der Waals surface area contributed by atoms with E-state index in [2.05, 4.69) is 23.1 Å². The van der Waals surface area contributed by atoms with Crippen LogP contribution < -0.4 is 5.73 Å². The van der Waals surface area contributed by atoms with Gasteiger partial charge in [0.25, 0.3) is 0 Å². The van der Waals surface area contributed by atoms with Crippen molar-refractivity contribution >= 4 is 16.7 Å². The van der Waals surface area contributed by atoms with Crippen LogP contribution in [0.5, 0.6) is 0 Å². The van der Waals surface area contributed by atoms with E-state index >= 15 is 0 Å². The average Bonchev–Trinajstić information content (AvgIpc) is 2.85. The monoisotopic (exact) mass is 266 g/mol. The summed E-state index contributed by atoms with van der Waals surface area (Å²) in [6.07, 6.45) is 5.07. The standard InChI is InChI=1S/C16H18N4/c1-2-3-6-13-11-16(17)20(19-13)14-7-8-15-12(10-14)5-4-9-18-15/h4-5,7-11H,2-3,6,17H2,1H3. The molecule has 2 heterocycles. The van der Waals surface area contributed by atoms with E-state index in [4.69, 9.17) is 5.73 Å². The van der Waals surface area contributed by atoms with Gasteiger partial charge < -0.3 is 5.73 Å². The maximum absolute atomic E-state index is 6.07. The number of rotatable bonds is 4. The maximum Gasteiger partial charge on any atom is 0.127 e. The lowest BCUT2D eigenvalue weighted by Crippen LogP contribution is -2.02. The molecule has 102 valence electrons. The van der Waals surface area contributed by atoms with E-state index in [0.717, 1.165) is 41.5 Å². The Morgan fingerprint density at radius 2 is 2.10 bits per heavy atom. The molecule has 0 unspecified atom stereocenters. The van der Waals surface area contributed by atoms with Crippen LogP contribution in [-0.2, 0) is 6.42 Å². The summed E-state index contributed by atoms with van der Waals surface area (Å²) >= 11 is 0. The molecule has 3 aromatic rings. The zero-order chi connectivity index (χ0) is 13.9. The van der Waals surface area contributed by atoms with E-state index in [0.29, 0.717) is 5.82 Å². The first kappa shape index (κ1) is 12.7. The molecule has 0 aliphatic rings. The third-order valence-electron chi connectivity index (χ3n) is 3.41. The Kier molecular flexibility index (Phi) is 3.37. The number of aromatic nitrogens is 3. The Hall–Kier alpha value is -2.36. The molecular formula is C16H18N4. The number of aryl methyl sites for hydroxylation is 1. The third kappa shape index (κ3) is 2.37. The van der Waals surface area contributed by atoms with E-state index in [1.54, 1.807) is 10.9 Å². The predicted octanol–water partition coefficient (Wildman–Crippen LogP) is 3.35. The number of nitrogens with two attached hydrogens (primary N) is 1. The van der Waals surface area contributed by atoms with Crippen LogP contribution in [0.25, 0.3) is 16.6 Å². The molecule has 0 spiro atoms. The first-order chi connectivity index (χ1) is 9.78. The molecule has 1 aromatic carbocycles. The van der Waals surface area contributed by atoms with Crippen LogP contribution in [0.3, 0.4) is 0 Å². The Balaban J connectivity index is 1.99. The molecule has 0 saturated carbocycles. The summed E-state index contributed by atoms with van der Waals surface area (Å²) < 4.78 is 1.80. The van der Waals surface area contributed by atoms with Crippen LogP contribution in [0.1, 0.15) is 25.5 Å². The van der Waals surface area contributed by atoms with Gasteiger partial charge in [-0.25, -0.2) is 4.68 Å². The molecule has 0 fully saturated rings. The van der Waals surface area contributed by atoms with Gasteiger partial charge in [-0.05, 0) is 37.1 Å². The van der Waals surface area contributed by atoms with Crippen molar-refractivity contribution in [2.45, 2.75) is 26.2 Å². The van der Waals surface area contributed by atoms with Crippen molar-refractivity contribution in [3.05, 3.63) is 48.3 Å². The molecule has 0 saturated heterocycles. The topological polar surface area (TPSA) is 56.7 Å². The van der Waals surface area contributed by atoms with Gasteiger partial charge in [-0.15, -0.1) is 0 Å². The van der Waals surface area contributed by atoms with E-state index in [1.165, 1.54) is 0 Å². The number of nitrogen functional groups attached to an aromatic ring is 1. The number of hydrogen-bond donors (Lipinski definition) is 1. The molecule has 0 radical (unpaired) electrons. The van der Waals surface area contributed by atoms with E-state index < -0.39 is 0 Å². The number of pyridine rings is 1. The number of anilines is 1. The van der Waals surface area contributed by atoms with Gasteiger partial charge in [0, 0.05) is 17.6 Å². The van der Waals surface area contributed by atoms with Crippen LogP contribution in [0.4, 0.5) is 5.82 Å². The lowest BCUT2D eigenvalue weighted by Gasteiger charge is -2.05. The van der Waals surface area contributed by atoms with Crippen LogP contribution in [-0.4, -0.2) is 14.8 Å². The van der Waals surface area contributed by atoms with Gasteiger partial charge in [-0.3, -0.25) is 4.98 Å². The van der Waals surface area contributed by atoms with Crippen LogP contribution >= 0.6 is 0 Å². The molecule has 0 aliphatic carbocycles. The molecule has 2 aromatic heterocycles. The second kappa shape index (κ2) is 5.33. The normalized spacial score (nSPS) is 11.1. The van der Waals surface area contributed by atoms with Crippen molar-refractivity contribution in [1.29, 1.82) is 0 Å². The molecule has 0 aliphatic heterocycles. The number of fused-ring (bicyclic) bond motifs is 1. The summed E-state index contributed by atoms with van der Waals surface area (Å²) in [4.78, 5) is 4.32. The molecule has 20 heavy (non-hydrogen) atoms. The Morgan fingerprint density at radius 3 is 2.95 bits per heavy atom. The van der Waals surface area contributed by atoms with E-state index in [-0.39, 0.29) is 0 Å². The summed E-state index contributed by atoms with van der Waals surface area (Å²) in [5, 5.41) is 5.69. The van der Waals surface area contributed by atoms with Crippen LogP contribution in [0.15, 0.2) is 42.6 Å². The fourth-order valence-electron chi connectivity index (χ4n) is 2.33. The smallest absolute Gasteiger partial charge is 0.127 e. The number of unbranched alkanes of at least 4 members (excludes halogenated alkanes) is 1. The quantitative estimate of drug-likeness (QED) is 0.788. The second-order valence-corrected chi connectivity index (χ2v) is 4.96. The van der Waals surface area contributed by atoms with Gasteiger partial charge >= 0.3 is 0 Å². The summed E-state index contributed by atoms with van der Waals surface area (Å²) in [5.74, 6) is 0.680. The fourth-order valence-corrected chi connectivity index (χ4v) is 2.33. The highest BCUT2D eigenvalue weighted by Gasteiger charge is 2.07. The van der Waals surface area contributed by atoms with Gasteiger partial charge in [0.2, 0.25) is 0 Å². The molecule has 2 N–H and O–H groups in total. The maximum atomic E-state index is 6.07. The highest BCUT2D eigenvalue weighted by molar-refractivity contribution is 5.80. The zero-order valence-corrected chi connectivity index (χ0v) is 11.6. The summed E-state index contributed by atoms with van der Waals surface area (Å²) in [5.41, 5.74) is 9.08. The summed E-state index contributed by atoms with van der Waals surface area (Å²) in [7, 11) is 0. The van der Waals surface area contributed by atoms with Gasteiger partial charge in [0.1, 0.15) is 5.82 Å².